The molecule has 1 aromatic carbocycles. The van der Waals surface area contributed by atoms with E-state index in [0.29, 0.717) is 24.3 Å². The second-order valence-corrected chi connectivity index (χ2v) is 8.42. The molecule has 0 spiro atoms. The molecule has 3 rings (SSSR count). The predicted molar refractivity (Wildman–Crippen MR) is 103 cm³/mol. The standard InChI is InChI=1S/C21H28N2O5/c1-5-27-15-10-23(17-14(24)11-28-18(15)17)20(26)16(21(2,3)4)12-8-6-7-9-13(12)19(22)25/h6-9,15-18H,5,10-11H2,1-4H3,(H2,22,25)/t15-,16-,17+,18+/m0/s1. The van der Waals surface area contributed by atoms with E-state index in [1.807, 2.05) is 27.7 Å². The maximum atomic E-state index is 13.7. The number of fused-ring (bicyclic) bond motifs is 1. The molecule has 0 bridgehead atoms. The fraction of sp³-hybridized carbons (Fsp3) is 0.571. The Morgan fingerprint density at radius 1 is 1.32 bits per heavy atom. The van der Waals surface area contributed by atoms with Gasteiger partial charge in [-0.2, -0.15) is 0 Å². The fourth-order valence-electron chi connectivity index (χ4n) is 4.31. The quantitative estimate of drug-likeness (QED) is 0.824. The van der Waals surface area contributed by atoms with Crippen LogP contribution in [-0.4, -0.2) is 60.5 Å². The third kappa shape index (κ3) is 3.56. The van der Waals surface area contributed by atoms with Crippen molar-refractivity contribution < 1.29 is 23.9 Å². The molecule has 2 N–H and O–H groups in total. The molecule has 2 aliphatic heterocycles. The molecule has 2 aliphatic rings. The summed E-state index contributed by atoms with van der Waals surface area (Å²) in [5.41, 5.74) is 5.96. The van der Waals surface area contributed by atoms with Gasteiger partial charge in [-0.05, 0) is 24.0 Å². The number of benzene rings is 1. The zero-order valence-corrected chi connectivity index (χ0v) is 16.8. The number of primary amides is 1. The van der Waals surface area contributed by atoms with Crippen molar-refractivity contribution in [3.05, 3.63) is 35.4 Å². The van der Waals surface area contributed by atoms with Gasteiger partial charge in [-0.1, -0.05) is 39.0 Å². The lowest BCUT2D eigenvalue weighted by molar-refractivity contribution is -0.140. The number of likely N-dealkylation sites (tertiary alicyclic amines) is 1. The lowest BCUT2D eigenvalue weighted by Gasteiger charge is -2.35. The van der Waals surface area contributed by atoms with E-state index in [2.05, 4.69) is 0 Å². The fourth-order valence-corrected chi connectivity index (χ4v) is 4.31. The minimum Gasteiger partial charge on any atom is -0.374 e. The number of ketones is 1. The second kappa shape index (κ2) is 7.64. The van der Waals surface area contributed by atoms with Crippen LogP contribution in [0, 0.1) is 5.41 Å². The highest BCUT2D eigenvalue weighted by Gasteiger charge is 2.54. The van der Waals surface area contributed by atoms with Gasteiger partial charge in [0.2, 0.25) is 11.8 Å². The van der Waals surface area contributed by atoms with Crippen LogP contribution in [0.5, 0.6) is 0 Å². The zero-order chi connectivity index (χ0) is 20.6. The van der Waals surface area contributed by atoms with Crippen molar-refractivity contribution in [1.82, 2.24) is 4.90 Å². The van der Waals surface area contributed by atoms with E-state index in [-0.39, 0.29) is 24.4 Å². The summed E-state index contributed by atoms with van der Waals surface area (Å²) in [6.07, 6.45) is -0.777. The Hall–Kier alpha value is -2.25. The number of amides is 2. The topological polar surface area (TPSA) is 98.9 Å². The Balaban J connectivity index is 2.02. The van der Waals surface area contributed by atoms with Crippen molar-refractivity contribution in [1.29, 1.82) is 0 Å². The number of ether oxygens (including phenoxy) is 2. The largest absolute Gasteiger partial charge is 0.374 e. The average molecular weight is 388 g/mol. The maximum absolute atomic E-state index is 13.7. The summed E-state index contributed by atoms with van der Waals surface area (Å²) in [5, 5.41) is 0. The van der Waals surface area contributed by atoms with Crippen LogP contribution in [0.4, 0.5) is 0 Å². The number of nitrogens with two attached hydrogens (primary N) is 1. The minimum atomic E-state index is -0.644. The highest BCUT2D eigenvalue weighted by Crippen LogP contribution is 2.41. The van der Waals surface area contributed by atoms with Gasteiger partial charge < -0.3 is 20.1 Å². The van der Waals surface area contributed by atoms with Crippen molar-refractivity contribution in [2.75, 3.05) is 19.8 Å². The third-order valence-electron chi connectivity index (χ3n) is 5.45. The maximum Gasteiger partial charge on any atom is 0.249 e. The third-order valence-corrected chi connectivity index (χ3v) is 5.45. The summed E-state index contributed by atoms with van der Waals surface area (Å²) >= 11 is 0. The van der Waals surface area contributed by atoms with Crippen molar-refractivity contribution >= 4 is 17.6 Å². The number of Topliss-reactive ketones (excluding diaryl/α,β-unsaturated/α-hetero) is 1. The molecule has 0 radical (unpaired) electrons. The molecule has 7 heteroatoms. The Bertz CT molecular complexity index is 785. The molecule has 7 nitrogen and oxygen atoms in total. The van der Waals surface area contributed by atoms with Gasteiger partial charge in [-0.3, -0.25) is 14.4 Å². The first kappa shape index (κ1) is 20.5. The van der Waals surface area contributed by atoms with E-state index < -0.39 is 29.4 Å². The highest BCUT2D eigenvalue weighted by atomic mass is 16.6. The molecule has 0 aromatic heterocycles. The number of hydrogen-bond acceptors (Lipinski definition) is 5. The number of hydrogen-bond donors (Lipinski definition) is 1. The minimum absolute atomic E-state index is 0.0131. The second-order valence-electron chi connectivity index (χ2n) is 8.42. The van der Waals surface area contributed by atoms with Gasteiger partial charge in [0.25, 0.3) is 0 Å². The van der Waals surface area contributed by atoms with Gasteiger partial charge in [0.1, 0.15) is 24.9 Å². The van der Waals surface area contributed by atoms with E-state index in [0.717, 1.165) is 0 Å². The normalized spacial score (nSPS) is 25.6. The molecule has 0 unspecified atom stereocenters. The predicted octanol–water partition coefficient (Wildman–Crippen LogP) is 1.50. The summed E-state index contributed by atoms with van der Waals surface area (Å²) in [4.78, 5) is 39.7. The summed E-state index contributed by atoms with van der Waals surface area (Å²) in [6, 6.07) is 6.25. The summed E-state index contributed by atoms with van der Waals surface area (Å²) in [5.74, 6) is -1.54. The van der Waals surface area contributed by atoms with Crippen LogP contribution < -0.4 is 5.73 Å². The monoisotopic (exact) mass is 388 g/mol. The molecule has 2 amide bonds. The molecule has 2 fully saturated rings. The lowest BCUT2D eigenvalue weighted by Crippen LogP contribution is -2.46. The number of carbonyl (C=O) groups excluding carboxylic acids is 3. The molecule has 0 saturated carbocycles. The first-order valence-electron chi connectivity index (χ1n) is 9.62. The van der Waals surface area contributed by atoms with Crippen LogP contribution in [0.2, 0.25) is 0 Å². The molecule has 28 heavy (non-hydrogen) atoms. The van der Waals surface area contributed by atoms with Crippen molar-refractivity contribution in [2.45, 2.75) is 51.9 Å². The Morgan fingerprint density at radius 2 is 2.00 bits per heavy atom. The molecule has 2 saturated heterocycles. The van der Waals surface area contributed by atoms with Crippen LogP contribution in [0.25, 0.3) is 0 Å². The van der Waals surface area contributed by atoms with E-state index in [9.17, 15) is 14.4 Å². The summed E-state index contributed by atoms with van der Waals surface area (Å²) < 4.78 is 11.4. The molecule has 152 valence electrons. The Labute approximate surface area is 165 Å². The van der Waals surface area contributed by atoms with Gasteiger partial charge in [0.05, 0.1) is 12.5 Å². The molecular weight excluding hydrogens is 360 g/mol. The van der Waals surface area contributed by atoms with Crippen LogP contribution >= 0.6 is 0 Å². The SMILES string of the molecule is CCO[C@H]1CN(C(=O)[C@H](c2ccccc2C(N)=O)C(C)(C)C)[C@@H]2C(=O)CO[C@H]12. The van der Waals surface area contributed by atoms with Crippen LogP contribution in [-0.2, 0) is 19.1 Å². The Morgan fingerprint density at radius 3 is 2.61 bits per heavy atom. The van der Waals surface area contributed by atoms with Crippen LogP contribution in [0.3, 0.4) is 0 Å². The van der Waals surface area contributed by atoms with E-state index >= 15 is 0 Å². The molecule has 2 heterocycles. The van der Waals surface area contributed by atoms with Crippen molar-refractivity contribution in [3.63, 3.8) is 0 Å². The molecular formula is C21H28N2O5. The van der Waals surface area contributed by atoms with Gasteiger partial charge >= 0.3 is 0 Å². The van der Waals surface area contributed by atoms with E-state index in [1.54, 1.807) is 29.2 Å². The average Bonchev–Trinajstić information content (AvgIpc) is 3.16. The van der Waals surface area contributed by atoms with Crippen molar-refractivity contribution in [2.24, 2.45) is 11.1 Å². The molecule has 1 aromatic rings. The van der Waals surface area contributed by atoms with Crippen molar-refractivity contribution in [3.8, 4) is 0 Å². The molecule has 4 atom stereocenters. The summed E-state index contributed by atoms with van der Waals surface area (Å²) in [6.45, 7) is 8.44. The Kier molecular flexibility index (Phi) is 5.59. The zero-order valence-electron chi connectivity index (χ0n) is 16.8. The van der Waals surface area contributed by atoms with Gasteiger partial charge in [-0.15, -0.1) is 0 Å². The number of carbonyl (C=O) groups is 3. The molecule has 0 aliphatic carbocycles. The van der Waals surface area contributed by atoms with E-state index in [1.165, 1.54) is 0 Å². The van der Waals surface area contributed by atoms with Gasteiger partial charge in [0.15, 0.2) is 5.78 Å². The summed E-state index contributed by atoms with van der Waals surface area (Å²) in [7, 11) is 0. The first-order valence-corrected chi connectivity index (χ1v) is 9.62. The van der Waals surface area contributed by atoms with Crippen LogP contribution in [0.1, 0.15) is 49.5 Å². The highest BCUT2D eigenvalue weighted by molar-refractivity contribution is 5.99. The van der Waals surface area contributed by atoms with Gasteiger partial charge in [0, 0.05) is 12.2 Å². The number of rotatable bonds is 5. The van der Waals surface area contributed by atoms with E-state index in [4.69, 9.17) is 15.2 Å². The van der Waals surface area contributed by atoms with Gasteiger partial charge in [-0.25, -0.2) is 0 Å². The smallest absolute Gasteiger partial charge is 0.249 e. The van der Waals surface area contributed by atoms with Crippen LogP contribution in [0.15, 0.2) is 24.3 Å². The first-order chi connectivity index (χ1) is 13.2. The lowest BCUT2D eigenvalue weighted by atomic mass is 9.74. The number of nitrogens with zero attached hydrogens (tertiary/aromatic N) is 1.